The van der Waals surface area contributed by atoms with Gasteiger partial charge in [-0.25, -0.2) is 4.39 Å². The lowest BCUT2D eigenvalue weighted by Gasteiger charge is -2.14. The molecule has 0 aromatic heterocycles. The molecule has 0 fully saturated rings. The molecule has 104 valence electrons. The fourth-order valence-electron chi connectivity index (χ4n) is 2.36. The highest BCUT2D eigenvalue weighted by Crippen LogP contribution is 2.37. The van der Waals surface area contributed by atoms with E-state index in [0.29, 0.717) is 17.4 Å². The highest BCUT2D eigenvalue weighted by atomic mass is 32.2. The van der Waals surface area contributed by atoms with E-state index >= 15 is 0 Å². The predicted molar refractivity (Wildman–Crippen MR) is 77.6 cm³/mol. The van der Waals surface area contributed by atoms with Crippen molar-refractivity contribution in [2.75, 3.05) is 6.61 Å². The molecule has 4 heteroatoms. The number of hydrogen-bond donors (Lipinski definition) is 1. The van der Waals surface area contributed by atoms with Gasteiger partial charge in [0.1, 0.15) is 6.61 Å². The van der Waals surface area contributed by atoms with Gasteiger partial charge in [0.15, 0.2) is 11.6 Å². The number of para-hydroxylation sites is 1. The van der Waals surface area contributed by atoms with Crippen LogP contribution in [0.25, 0.3) is 0 Å². The van der Waals surface area contributed by atoms with E-state index in [1.807, 2.05) is 12.1 Å². The molecule has 1 aliphatic rings. The third-order valence-electron chi connectivity index (χ3n) is 3.35. The Labute approximate surface area is 121 Å². The molecule has 1 N–H and O–H groups in total. The Morgan fingerprint density at radius 3 is 2.85 bits per heavy atom. The molecule has 2 aromatic carbocycles. The van der Waals surface area contributed by atoms with Crippen LogP contribution in [-0.4, -0.2) is 17.0 Å². The first kappa shape index (κ1) is 13.5. The number of thioether (sulfide) groups is 1. The minimum Gasteiger partial charge on any atom is -0.489 e. The summed E-state index contributed by atoms with van der Waals surface area (Å²) in [6.45, 7) is 0.221. The molecule has 0 radical (unpaired) electrons. The Balaban J connectivity index is 1.67. The van der Waals surface area contributed by atoms with Gasteiger partial charge in [-0.2, -0.15) is 0 Å². The number of halogens is 1. The van der Waals surface area contributed by atoms with E-state index in [9.17, 15) is 9.50 Å². The van der Waals surface area contributed by atoms with Crippen LogP contribution in [0.4, 0.5) is 4.39 Å². The van der Waals surface area contributed by atoms with Crippen molar-refractivity contribution < 1.29 is 14.2 Å². The maximum Gasteiger partial charge on any atom is 0.165 e. The van der Waals surface area contributed by atoms with Crippen molar-refractivity contribution in [2.45, 2.75) is 23.2 Å². The van der Waals surface area contributed by atoms with Gasteiger partial charge in [0.05, 0.1) is 6.61 Å². The molecular formula is C16H15FO2S. The average molecular weight is 290 g/mol. The van der Waals surface area contributed by atoms with E-state index < -0.39 is 5.82 Å². The van der Waals surface area contributed by atoms with Gasteiger partial charge in [-0.1, -0.05) is 30.3 Å². The zero-order valence-electron chi connectivity index (χ0n) is 10.9. The molecule has 0 saturated carbocycles. The molecular weight excluding hydrogens is 275 g/mol. The van der Waals surface area contributed by atoms with E-state index in [2.05, 4.69) is 12.1 Å². The molecule has 2 nitrogen and oxygen atoms in total. The Morgan fingerprint density at radius 1 is 1.20 bits per heavy atom. The van der Waals surface area contributed by atoms with Gasteiger partial charge in [-0.15, -0.1) is 11.8 Å². The lowest BCUT2D eigenvalue weighted by Crippen LogP contribution is -2.15. The fraction of sp³-hybridized carbons (Fsp3) is 0.250. The molecule has 0 amide bonds. The van der Waals surface area contributed by atoms with Crippen molar-refractivity contribution in [1.29, 1.82) is 0 Å². The zero-order valence-corrected chi connectivity index (χ0v) is 11.7. The van der Waals surface area contributed by atoms with Crippen LogP contribution in [0.5, 0.6) is 5.75 Å². The summed E-state index contributed by atoms with van der Waals surface area (Å²) in [5.41, 5.74) is 1.81. The van der Waals surface area contributed by atoms with Crippen molar-refractivity contribution in [2.24, 2.45) is 0 Å². The third-order valence-corrected chi connectivity index (χ3v) is 4.63. The summed E-state index contributed by atoms with van der Waals surface area (Å²) in [4.78, 5) is 1.28. The summed E-state index contributed by atoms with van der Waals surface area (Å²) >= 11 is 1.76. The first-order valence-electron chi connectivity index (χ1n) is 6.53. The minimum atomic E-state index is -0.419. The Hall–Kier alpha value is -1.52. The Bertz CT molecular complexity index is 590. The number of aliphatic hydroxyl groups is 1. The van der Waals surface area contributed by atoms with E-state index in [-0.39, 0.29) is 12.4 Å². The van der Waals surface area contributed by atoms with Crippen LogP contribution in [0.3, 0.4) is 0 Å². The lowest BCUT2D eigenvalue weighted by molar-refractivity contribution is 0.256. The molecule has 0 bridgehead atoms. The summed E-state index contributed by atoms with van der Waals surface area (Å²) < 4.78 is 19.3. The van der Waals surface area contributed by atoms with Crippen LogP contribution >= 0.6 is 11.8 Å². The summed E-state index contributed by atoms with van der Waals surface area (Å²) in [5, 5.41) is 9.52. The highest BCUT2D eigenvalue weighted by Gasteiger charge is 2.23. The number of ether oxygens (including phenoxy) is 1. The fourth-order valence-corrected chi connectivity index (χ4v) is 3.58. The third kappa shape index (κ3) is 2.67. The van der Waals surface area contributed by atoms with Gasteiger partial charge in [0.25, 0.3) is 0 Å². The summed E-state index contributed by atoms with van der Waals surface area (Å²) in [6, 6.07) is 12.9. The van der Waals surface area contributed by atoms with Crippen LogP contribution in [0.15, 0.2) is 47.4 Å². The molecule has 3 rings (SSSR count). The van der Waals surface area contributed by atoms with Gasteiger partial charge >= 0.3 is 0 Å². The molecule has 20 heavy (non-hydrogen) atoms. The lowest BCUT2D eigenvalue weighted by atomic mass is 10.1. The van der Waals surface area contributed by atoms with E-state index in [0.717, 1.165) is 6.42 Å². The number of rotatable bonds is 4. The molecule has 1 heterocycles. The van der Waals surface area contributed by atoms with Crippen molar-refractivity contribution >= 4 is 11.8 Å². The van der Waals surface area contributed by atoms with Crippen LogP contribution in [-0.2, 0) is 13.0 Å². The molecule has 0 spiro atoms. The zero-order chi connectivity index (χ0) is 13.9. The minimum absolute atomic E-state index is 0.173. The van der Waals surface area contributed by atoms with Crippen LogP contribution in [0.1, 0.15) is 11.1 Å². The van der Waals surface area contributed by atoms with Gasteiger partial charge in [0, 0.05) is 15.7 Å². The number of fused-ring (bicyclic) bond motifs is 1. The van der Waals surface area contributed by atoms with E-state index in [4.69, 9.17) is 4.74 Å². The maximum atomic E-state index is 13.7. The summed E-state index contributed by atoms with van der Waals surface area (Å²) in [7, 11) is 0. The van der Waals surface area contributed by atoms with Gasteiger partial charge in [-0.05, 0) is 24.1 Å². The molecule has 0 aliphatic carbocycles. The van der Waals surface area contributed by atoms with E-state index in [1.165, 1.54) is 16.5 Å². The van der Waals surface area contributed by atoms with Crippen molar-refractivity contribution in [1.82, 2.24) is 0 Å². The summed E-state index contributed by atoms with van der Waals surface area (Å²) in [6.07, 6.45) is 0.934. The standard InChI is InChI=1S/C16H15FO2S/c17-14-6-3-5-12(9-18)16(14)19-10-13-8-11-4-1-2-7-15(11)20-13/h1-7,13,18H,8-10H2. The maximum absolute atomic E-state index is 13.7. The largest absolute Gasteiger partial charge is 0.489 e. The molecule has 1 aliphatic heterocycles. The van der Waals surface area contributed by atoms with Crippen LogP contribution < -0.4 is 4.74 Å². The number of aliphatic hydroxyl groups excluding tert-OH is 1. The summed E-state index contributed by atoms with van der Waals surface area (Å²) in [5.74, 6) is -0.247. The first-order chi connectivity index (χ1) is 9.78. The smallest absolute Gasteiger partial charge is 0.165 e. The Morgan fingerprint density at radius 2 is 2.05 bits per heavy atom. The number of benzene rings is 2. The van der Waals surface area contributed by atoms with Gasteiger partial charge in [-0.3, -0.25) is 0 Å². The Kier molecular flexibility index (Phi) is 3.94. The second-order valence-electron chi connectivity index (χ2n) is 4.75. The molecule has 0 saturated heterocycles. The average Bonchev–Trinajstić information content (AvgIpc) is 2.88. The topological polar surface area (TPSA) is 29.5 Å². The second kappa shape index (κ2) is 5.85. The highest BCUT2D eigenvalue weighted by molar-refractivity contribution is 8.00. The molecule has 2 aromatic rings. The predicted octanol–water partition coefficient (Wildman–Crippen LogP) is 3.41. The quantitative estimate of drug-likeness (QED) is 0.935. The molecule has 1 atom stereocenters. The van der Waals surface area contributed by atoms with Crippen LogP contribution in [0, 0.1) is 5.82 Å². The van der Waals surface area contributed by atoms with Crippen molar-refractivity contribution in [3.63, 3.8) is 0 Å². The van der Waals surface area contributed by atoms with Crippen LogP contribution in [0.2, 0.25) is 0 Å². The number of hydrogen-bond acceptors (Lipinski definition) is 3. The SMILES string of the molecule is OCc1cccc(F)c1OCC1Cc2ccccc2S1. The molecule has 1 unspecified atom stereocenters. The van der Waals surface area contributed by atoms with Crippen molar-refractivity contribution in [3.8, 4) is 5.75 Å². The van der Waals surface area contributed by atoms with E-state index in [1.54, 1.807) is 23.9 Å². The van der Waals surface area contributed by atoms with Crippen molar-refractivity contribution in [3.05, 3.63) is 59.4 Å². The van der Waals surface area contributed by atoms with Gasteiger partial charge < -0.3 is 9.84 Å². The second-order valence-corrected chi connectivity index (χ2v) is 6.09. The normalized spacial score (nSPS) is 17.0. The van der Waals surface area contributed by atoms with Gasteiger partial charge in [0.2, 0.25) is 0 Å². The first-order valence-corrected chi connectivity index (χ1v) is 7.41. The monoisotopic (exact) mass is 290 g/mol.